The highest BCUT2D eigenvalue weighted by Gasteiger charge is 2.20. The van der Waals surface area contributed by atoms with Crippen LogP contribution in [0.3, 0.4) is 0 Å². The second kappa shape index (κ2) is 8.76. The van der Waals surface area contributed by atoms with Gasteiger partial charge in [0, 0.05) is 57.6 Å². The summed E-state index contributed by atoms with van der Waals surface area (Å²) in [6.45, 7) is 4.57. The van der Waals surface area contributed by atoms with E-state index in [0.717, 1.165) is 56.0 Å². The number of hydrogen-bond donors (Lipinski definition) is 1. The van der Waals surface area contributed by atoms with Crippen LogP contribution >= 0.6 is 15.9 Å². The predicted octanol–water partition coefficient (Wildman–Crippen LogP) is 2.20. The molecule has 132 valence electrons. The Morgan fingerprint density at radius 3 is 2.46 bits per heavy atom. The van der Waals surface area contributed by atoms with Crippen LogP contribution in [0.2, 0.25) is 0 Å². The quantitative estimate of drug-likeness (QED) is 0.827. The first-order valence-electron chi connectivity index (χ1n) is 8.95. The van der Waals surface area contributed by atoms with Gasteiger partial charge in [0.1, 0.15) is 0 Å². The highest BCUT2D eigenvalue weighted by molar-refractivity contribution is 9.10. The largest absolute Gasteiger partial charge is 0.353 e. The van der Waals surface area contributed by atoms with Crippen LogP contribution in [-0.2, 0) is 4.79 Å². The molecule has 1 amide bonds. The monoisotopic (exact) mass is 395 g/mol. The lowest BCUT2D eigenvalue weighted by Gasteiger charge is -2.34. The maximum atomic E-state index is 12.1. The van der Waals surface area contributed by atoms with Gasteiger partial charge in [0.25, 0.3) is 0 Å². The fourth-order valence-corrected chi connectivity index (χ4v) is 3.65. The number of carbonyl (C=O) groups is 1. The maximum absolute atomic E-state index is 12.1. The number of piperazine rings is 1. The van der Waals surface area contributed by atoms with Gasteiger partial charge in [-0.05, 0) is 28.8 Å². The van der Waals surface area contributed by atoms with Gasteiger partial charge in [0.15, 0.2) is 0 Å². The zero-order valence-electron chi connectivity index (χ0n) is 14.1. The minimum atomic E-state index is 0.209. The molecule has 0 aromatic carbocycles. The molecule has 1 saturated carbocycles. The molecule has 1 aromatic rings. The van der Waals surface area contributed by atoms with Gasteiger partial charge in [0.2, 0.25) is 11.9 Å². The van der Waals surface area contributed by atoms with E-state index in [1.165, 1.54) is 19.3 Å². The lowest BCUT2D eigenvalue weighted by molar-refractivity contribution is -0.122. The van der Waals surface area contributed by atoms with E-state index >= 15 is 0 Å². The summed E-state index contributed by atoms with van der Waals surface area (Å²) < 4.78 is 0.897. The van der Waals surface area contributed by atoms with Gasteiger partial charge in [-0.3, -0.25) is 9.69 Å². The van der Waals surface area contributed by atoms with Crippen molar-refractivity contribution < 1.29 is 4.79 Å². The highest BCUT2D eigenvalue weighted by Crippen LogP contribution is 2.17. The van der Waals surface area contributed by atoms with Crippen LogP contribution in [0.15, 0.2) is 16.9 Å². The summed E-state index contributed by atoms with van der Waals surface area (Å²) in [6, 6.07) is 0.414. The molecule has 24 heavy (non-hydrogen) atoms. The van der Waals surface area contributed by atoms with Crippen molar-refractivity contribution >= 4 is 27.8 Å². The molecule has 0 bridgehead atoms. The standard InChI is InChI=1S/C17H26BrN5O/c18-14-12-19-17(20-13-14)23-10-8-22(9-11-23)7-6-16(24)21-15-4-2-1-3-5-15/h12-13,15H,1-11H2,(H,21,24). The maximum Gasteiger partial charge on any atom is 0.225 e. The number of aromatic nitrogens is 2. The fourth-order valence-electron chi connectivity index (χ4n) is 3.45. The Morgan fingerprint density at radius 1 is 1.12 bits per heavy atom. The lowest BCUT2D eigenvalue weighted by atomic mass is 9.95. The van der Waals surface area contributed by atoms with E-state index in [9.17, 15) is 4.79 Å². The summed E-state index contributed by atoms with van der Waals surface area (Å²) in [7, 11) is 0. The zero-order valence-corrected chi connectivity index (χ0v) is 15.7. The molecule has 1 aromatic heterocycles. The number of amides is 1. The number of rotatable bonds is 5. The second-order valence-electron chi connectivity index (χ2n) is 6.68. The third-order valence-corrected chi connectivity index (χ3v) is 5.30. The Hall–Kier alpha value is -1.21. The van der Waals surface area contributed by atoms with Crippen LogP contribution in [-0.4, -0.2) is 59.5 Å². The number of carbonyl (C=O) groups excluding carboxylic acids is 1. The van der Waals surface area contributed by atoms with Gasteiger partial charge >= 0.3 is 0 Å². The smallest absolute Gasteiger partial charge is 0.225 e. The van der Waals surface area contributed by atoms with Crippen molar-refractivity contribution in [1.29, 1.82) is 0 Å². The van der Waals surface area contributed by atoms with Crippen LogP contribution in [0.4, 0.5) is 5.95 Å². The number of nitrogens with zero attached hydrogens (tertiary/aromatic N) is 4. The summed E-state index contributed by atoms with van der Waals surface area (Å²) >= 11 is 3.36. The molecule has 3 rings (SSSR count). The van der Waals surface area contributed by atoms with Crippen LogP contribution in [0.25, 0.3) is 0 Å². The number of hydrogen-bond acceptors (Lipinski definition) is 5. The Bertz CT molecular complexity index is 524. The van der Waals surface area contributed by atoms with E-state index in [-0.39, 0.29) is 5.91 Å². The minimum Gasteiger partial charge on any atom is -0.353 e. The molecule has 1 aliphatic carbocycles. The molecule has 0 unspecified atom stereocenters. The van der Waals surface area contributed by atoms with E-state index < -0.39 is 0 Å². The molecule has 2 heterocycles. The molecule has 1 saturated heterocycles. The van der Waals surface area contributed by atoms with Gasteiger partial charge < -0.3 is 10.2 Å². The Kier molecular flexibility index (Phi) is 6.43. The summed E-state index contributed by atoms with van der Waals surface area (Å²) in [5, 5.41) is 3.20. The van der Waals surface area contributed by atoms with E-state index in [0.29, 0.717) is 12.5 Å². The van der Waals surface area contributed by atoms with Crippen molar-refractivity contribution in [3.63, 3.8) is 0 Å². The molecule has 2 aliphatic rings. The molecule has 1 aliphatic heterocycles. The third kappa shape index (κ3) is 5.14. The van der Waals surface area contributed by atoms with Crippen LogP contribution in [0.5, 0.6) is 0 Å². The van der Waals surface area contributed by atoms with Crippen molar-refractivity contribution in [1.82, 2.24) is 20.2 Å². The first-order valence-corrected chi connectivity index (χ1v) is 9.74. The SMILES string of the molecule is O=C(CCN1CCN(c2ncc(Br)cn2)CC1)NC1CCCCC1. The summed E-state index contributed by atoms with van der Waals surface area (Å²) in [5.74, 6) is 0.994. The molecule has 7 heteroatoms. The van der Waals surface area contributed by atoms with Gasteiger partial charge in [-0.15, -0.1) is 0 Å². The molecular weight excluding hydrogens is 370 g/mol. The summed E-state index contributed by atoms with van der Waals surface area (Å²) in [5.41, 5.74) is 0. The topological polar surface area (TPSA) is 61.4 Å². The molecule has 1 N–H and O–H groups in total. The average molecular weight is 396 g/mol. The van der Waals surface area contributed by atoms with Crippen molar-refractivity contribution in [3.8, 4) is 0 Å². The summed E-state index contributed by atoms with van der Waals surface area (Å²) in [6.07, 6.45) is 10.3. The Morgan fingerprint density at radius 2 is 1.79 bits per heavy atom. The molecule has 2 fully saturated rings. The van der Waals surface area contributed by atoms with Crippen molar-refractivity contribution in [2.75, 3.05) is 37.6 Å². The molecule has 0 spiro atoms. The van der Waals surface area contributed by atoms with E-state index in [1.807, 2.05) is 0 Å². The van der Waals surface area contributed by atoms with Gasteiger partial charge in [-0.2, -0.15) is 0 Å². The first-order chi connectivity index (χ1) is 11.7. The molecule has 6 nitrogen and oxygen atoms in total. The lowest BCUT2D eigenvalue weighted by Crippen LogP contribution is -2.48. The molecule has 0 radical (unpaired) electrons. The fraction of sp³-hybridized carbons (Fsp3) is 0.706. The van der Waals surface area contributed by atoms with Gasteiger partial charge in [0.05, 0.1) is 4.47 Å². The minimum absolute atomic E-state index is 0.209. The summed E-state index contributed by atoms with van der Waals surface area (Å²) in [4.78, 5) is 25.4. The van der Waals surface area contributed by atoms with Gasteiger partial charge in [-0.25, -0.2) is 9.97 Å². The normalized spacial score (nSPS) is 20.1. The van der Waals surface area contributed by atoms with Crippen molar-refractivity contribution in [3.05, 3.63) is 16.9 Å². The average Bonchev–Trinajstić information content (AvgIpc) is 2.62. The Labute approximate surface area is 152 Å². The van der Waals surface area contributed by atoms with Crippen LogP contribution in [0, 0.1) is 0 Å². The van der Waals surface area contributed by atoms with E-state index in [4.69, 9.17) is 0 Å². The predicted molar refractivity (Wildman–Crippen MR) is 98.0 cm³/mol. The number of anilines is 1. The van der Waals surface area contributed by atoms with E-state index in [2.05, 4.69) is 41.0 Å². The highest BCUT2D eigenvalue weighted by atomic mass is 79.9. The second-order valence-corrected chi connectivity index (χ2v) is 7.60. The first kappa shape index (κ1) is 17.6. The van der Waals surface area contributed by atoms with Crippen molar-refractivity contribution in [2.24, 2.45) is 0 Å². The zero-order chi connectivity index (χ0) is 16.8. The van der Waals surface area contributed by atoms with Gasteiger partial charge in [-0.1, -0.05) is 19.3 Å². The third-order valence-electron chi connectivity index (χ3n) is 4.89. The Balaban J connectivity index is 1.36. The number of halogens is 1. The molecule has 0 atom stereocenters. The number of nitrogens with one attached hydrogen (secondary N) is 1. The van der Waals surface area contributed by atoms with Crippen molar-refractivity contribution in [2.45, 2.75) is 44.6 Å². The van der Waals surface area contributed by atoms with Crippen LogP contribution < -0.4 is 10.2 Å². The molecular formula is C17H26BrN5O. The van der Waals surface area contributed by atoms with Crippen LogP contribution in [0.1, 0.15) is 38.5 Å². The van der Waals surface area contributed by atoms with E-state index in [1.54, 1.807) is 12.4 Å².